The van der Waals surface area contributed by atoms with Gasteiger partial charge in [0.2, 0.25) is 0 Å². The zero-order valence-corrected chi connectivity index (χ0v) is 13.4. The van der Waals surface area contributed by atoms with E-state index < -0.39 is 6.61 Å². The first-order chi connectivity index (χ1) is 9.47. The SMILES string of the molecule is CC(Nc1cc(Cl)cc(Br)c1OC(F)F)c1nccs1. The maximum absolute atomic E-state index is 12.5. The van der Waals surface area contributed by atoms with Gasteiger partial charge >= 0.3 is 6.61 Å². The van der Waals surface area contributed by atoms with Gasteiger partial charge in [0.15, 0.2) is 5.75 Å². The number of nitrogens with one attached hydrogen (secondary N) is 1. The molecule has 1 heterocycles. The van der Waals surface area contributed by atoms with Crippen LogP contribution < -0.4 is 10.1 Å². The molecule has 108 valence electrons. The predicted octanol–water partition coefficient (Wildman–Crippen LogP) is 5.33. The molecular formula is C12H10BrClF2N2OS. The molecule has 2 rings (SSSR count). The van der Waals surface area contributed by atoms with Crippen molar-refractivity contribution in [3.05, 3.63) is 38.2 Å². The molecular weight excluding hydrogens is 374 g/mol. The molecule has 1 atom stereocenters. The van der Waals surface area contributed by atoms with Crippen LogP contribution in [0.25, 0.3) is 0 Å². The van der Waals surface area contributed by atoms with E-state index in [1.807, 2.05) is 12.3 Å². The molecule has 0 saturated heterocycles. The number of alkyl halides is 2. The highest BCUT2D eigenvalue weighted by Gasteiger charge is 2.17. The molecule has 0 aliphatic carbocycles. The lowest BCUT2D eigenvalue weighted by Gasteiger charge is -2.18. The van der Waals surface area contributed by atoms with Gasteiger partial charge in [-0.3, -0.25) is 0 Å². The van der Waals surface area contributed by atoms with Gasteiger partial charge < -0.3 is 10.1 Å². The molecule has 0 aliphatic rings. The van der Waals surface area contributed by atoms with E-state index in [2.05, 4.69) is 31.0 Å². The molecule has 0 fully saturated rings. The Morgan fingerprint density at radius 3 is 2.80 bits per heavy atom. The summed E-state index contributed by atoms with van der Waals surface area (Å²) in [6, 6.07) is 2.88. The second-order valence-electron chi connectivity index (χ2n) is 3.88. The summed E-state index contributed by atoms with van der Waals surface area (Å²) in [7, 11) is 0. The van der Waals surface area contributed by atoms with E-state index in [4.69, 9.17) is 11.6 Å². The van der Waals surface area contributed by atoms with Gasteiger partial charge in [0, 0.05) is 16.6 Å². The monoisotopic (exact) mass is 382 g/mol. The van der Waals surface area contributed by atoms with E-state index in [1.165, 1.54) is 23.5 Å². The Balaban J connectivity index is 2.29. The molecule has 3 nitrogen and oxygen atoms in total. The van der Waals surface area contributed by atoms with Crippen LogP contribution in [0.15, 0.2) is 28.2 Å². The molecule has 1 aromatic heterocycles. The minimum Gasteiger partial charge on any atom is -0.431 e. The van der Waals surface area contributed by atoms with Crippen LogP contribution in [0.2, 0.25) is 5.02 Å². The second-order valence-corrected chi connectivity index (χ2v) is 6.10. The van der Waals surface area contributed by atoms with Gasteiger partial charge in [0.1, 0.15) is 5.01 Å². The Bertz CT molecular complexity index is 583. The van der Waals surface area contributed by atoms with Gasteiger partial charge in [-0.15, -0.1) is 11.3 Å². The fraction of sp³-hybridized carbons (Fsp3) is 0.250. The first kappa shape index (κ1) is 15.5. The number of benzene rings is 1. The van der Waals surface area contributed by atoms with E-state index in [1.54, 1.807) is 6.20 Å². The Morgan fingerprint density at radius 1 is 1.45 bits per heavy atom. The number of hydrogen-bond acceptors (Lipinski definition) is 4. The predicted molar refractivity (Wildman–Crippen MR) is 79.9 cm³/mol. The van der Waals surface area contributed by atoms with Crippen LogP contribution >= 0.6 is 38.9 Å². The molecule has 1 aromatic carbocycles. The van der Waals surface area contributed by atoms with Crippen LogP contribution in [0.3, 0.4) is 0 Å². The normalized spacial score (nSPS) is 12.5. The van der Waals surface area contributed by atoms with Crippen molar-refractivity contribution in [1.29, 1.82) is 0 Å². The van der Waals surface area contributed by atoms with Crippen LogP contribution in [-0.4, -0.2) is 11.6 Å². The van der Waals surface area contributed by atoms with E-state index in [0.717, 1.165) is 5.01 Å². The molecule has 0 bridgehead atoms. The zero-order chi connectivity index (χ0) is 14.7. The maximum atomic E-state index is 12.5. The standard InChI is InChI=1S/C12H10BrClF2N2OS/c1-6(11-17-2-3-20-11)18-9-5-7(14)4-8(13)10(9)19-12(15)16/h2-6,12,18H,1H3. The van der Waals surface area contributed by atoms with Crippen molar-refractivity contribution in [3.8, 4) is 5.75 Å². The molecule has 0 radical (unpaired) electrons. The summed E-state index contributed by atoms with van der Waals surface area (Å²) in [5.41, 5.74) is 0.382. The molecule has 0 saturated carbocycles. The van der Waals surface area contributed by atoms with Crippen molar-refractivity contribution >= 4 is 44.6 Å². The molecule has 20 heavy (non-hydrogen) atoms. The van der Waals surface area contributed by atoms with Gasteiger partial charge in [-0.25, -0.2) is 4.98 Å². The fourth-order valence-corrected chi connectivity index (χ4v) is 3.17. The van der Waals surface area contributed by atoms with E-state index in [-0.39, 0.29) is 11.8 Å². The first-order valence-corrected chi connectivity index (χ1v) is 7.62. The molecule has 1 N–H and O–H groups in total. The third-order valence-electron chi connectivity index (χ3n) is 2.41. The highest BCUT2D eigenvalue weighted by atomic mass is 79.9. The molecule has 0 aliphatic heterocycles. The average molecular weight is 384 g/mol. The number of thiazole rings is 1. The quantitative estimate of drug-likeness (QED) is 0.757. The lowest BCUT2D eigenvalue weighted by molar-refractivity contribution is -0.0498. The van der Waals surface area contributed by atoms with E-state index in [9.17, 15) is 8.78 Å². The molecule has 0 amide bonds. The summed E-state index contributed by atoms with van der Waals surface area (Å²) in [6.07, 6.45) is 1.68. The van der Waals surface area contributed by atoms with Crippen LogP contribution in [0.5, 0.6) is 5.75 Å². The summed E-state index contributed by atoms with van der Waals surface area (Å²) < 4.78 is 29.8. The van der Waals surface area contributed by atoms with Crippen LogP contribution in [0.1, 0.15) is 18.0 Å². The molecule has 8 heteroatoms. The Labute approximate surface area is 132 Å². The van der Waals surface area contributed by atoms with Crippen molar-refractivity contribution in [1.82, 2.24) is 4.98 Å². The number of halogens is 4. The highest BCUT2D eigenvalue weighted by Crippen LogP contribution is 2.39. The van der Waals surface area contributed by atoms with Crippen molar-refractivity contribution in [3.63, 3.8) is 0 Å². The summed E-state index contributed by atoms with van der Waals surface area (Å²) in [4.78, 5) is 4.17. The van der Waals surface area contributed by atoms with Crippen LogP contribution in [-0.2, 0) is 0 Å². The average Bonchev–Trinajstić information content (AvgIpc) is 2.87. The van der Waals surface area contributed by atoms with Gasteiger partial charge in [0.05, 0.1) is 16.2 Å². The topological polar surface area (TPSA) is 34.1 Å². The minimum absolute atomic E-state index is 0.0211. The lowest BCUT2D eigenvalue weighted by Crippen LogP contribution is -2.10. The maximum Gasteiger partial charge on any atom is 0.387 e. The number of aromatic nitrogens is 1. The van der Waals surface area contributed by atoms with Crippen LogP contribution in [0, 0.1) is 0 Å². The van der Waals surface area contributed by atoms with Gasteiger partial charge in [0.25, 0.3) is 0 Å². The summed E-state index contributed by atoms with van der Waals surface area (Å²) in [5, 5.41) is 6.17. The van der Waals surface area contributed by atoms with E-state index >= 15 is 0 Å². The second kappa shape index (κ2) is 6.69. The molecule has 0 spiro atoms. The third-order valence-corrected chi connectivity index (χ3v) is 4.17. The van der Waals surface area contributed by atoms with Crippen LogP contribution in [0.4, 0.5) is 14.5 Å². The first-order valence-electron chi connectivity index (χ1n) is 5.57. The fourth-order valence-electron chi connectivity index (χ4n) is 1.62. The van der Waals surface area contributed by atoms with Crippen molar-refractivity contribution in [2.75, 3.05) is 5.32 Å². The molecule has 2 aromatic rings. The van der Waals surface area contributed by atoms with Gasteiger partial charge in [-0.05, 0) is 35.0 Å². The summed E-state index contributed by atoms with van der Waals surface area (Å²) >= 11 is 10.6. The van der Waals surface area contributed by atoms with Crippen molar-refractivity contribution in [2.45, 2.75) is 19.6 Å². The number of hydrogen-bond donors (Lipinski definition) is 1. The Kier molecular flexibility index (Phi) is 5.17. The number of nitrogens with zero attached hydrogens (tertiary/aromatic N) is 1. The third kappa shape index (κ3) is 3.80. The van der Waals surface area contributed by atoms with Gasteiger partial charge in [-0.1, -0.05) is 11.6 Å². The smallest absolute Gasteiger partial charge is 0.387 e. The summed E-state index contributed by atoms with van der Waals surface area (Å²) in [6.45, 7) is -1.04. The van der Waals surface area contributed by atoms with E-state index in [0.29, 0.717) is 15.2 Å². The number of ether oxygens (including phenoxy) is 1. The molecule has 1 unspecified atom stereocenters. The highest BCUT2D eigenvalue weighted by molar-refractivity contribution is 9.10. The Morgan fingerprint density at radius 2 is 2.20 bits per heavy atom. The largest absolute Gasteiger partial charge is 0.431 e. The summed E-state index contributed by atoms with van der Waals surface area (Å²) in [5.74, 6) is 0.0211. The number of anilines is 1. The Hall–Kier alpha value is -0.920. The minimum atomic E-state index is -2.91. The zero-order valence-electron chi connectivity index (χ0n) is 10.2. The van der Waals surface area contributed by atoms with Crippen molar-refractivity contribution in [2.24, 2.45) is 0 Å². The van der Waals surface area contributed by atoms with Gasteiger partial charge in [-0.2, -0.15) is 8.78 Å². The number of rotatable bonds is 5. The lowest BCUT2D eigenvalue weighted by atomic mass is 10.2. The van der Waals surface area contributed by atoms with Crippen molar-refractivity contribution < 1.29 is 13.5 Å².